The molecule has 2 rings (SSSR count). The number of aromatic nitrogens is 1. The van der Waals surface area contributed by atoms with Crippen molar-refractivity contribution >= 4 is 23.3 Å². The van der Waals surface area contributed by atoms with Crippen LogP contribution in [0, 0.1) is 0 Å². The molecular weight excluding hydrogens is 294 g/mol. The lowest BCUT2D eigenvalue weighted by molar-refractivity contribution is -0.705. The van der Waals surface area contributed by atoms with Gasteiger partial charge in [-0.05, 0) is 37.3 Å². The molecule has 6 nitrogen and oxygen atoms in total. The molecule has 0 bridgehead atoms. The van der Waals surface area contributed by atoms with Crippen LogP contribution in [0.15, 0.2) is 48.8 Å². The zero-order valence-electron chi connectivity index (χ0n) is 12.9. The molecule has 2 amide bonds. The first kappa shape index (κ1) is 16.4. The summed E-state index contributed by atoms with van der Waals surface area (Å²) >= 11 is 0. The molecule has 1 aromatic carbocycles. The number of Topliss-reactive ketones (excluding diaryl/α,β-unsaturated/α-hetero) is 1. The quantitative estimate of drug-likeness (QED) is 0.647. The molecule has 0 unspecified atom stereocenters. The van der Waals surface area contributed by atoms with Gasteiger partial charge in [0.15, 0.2) is 18.2 Å². The van der Waals surface area contributed by atoms with E-state index >= 15 is 0 Å². The van der Waals surface area contributed by atoms with Crippen LogP contribution in [0.2, 0.25) is 0 Å². The Morgan fingerprint density at radius 1 is 1.09 bits per heavy atom. The van der Waals surface area contributed by atoms with Gasteiger partial charge in [0.2, 0.25) is 6.04 Å². The van der Waals surface area contributed by atoms with Gasteiger partial charge in [0.05, 0.1) is 0 Å². The highest BCUT2D eigenvalue weighted by molar-refractivity contribution is 5.96. The van der Waals surface area contributed by atoms with E-state index in [1.165, 1.54) is 13.1 Å². The number of primary amides is 1. The summed E-state index contributed by atoms with van der Waals surface area (Å²) in [6.07, 6.45) is 3.22. The fourth-order valence-electron chi connectivity index (χ4n) is 2.05. The first-order valence-corrected chi connectivity index (χ1v) is 7.11. The summed E-state index contributed by atoms with van der Waals surface area (Å²) in [5, 5.41) is 2.77. The SMILES string of the molecule is CC(=O)c1ccc(NC(=O)[C@H](C)[n+]2cccc(C(N)=O)c2)cc1. The molecule has 0 saturated heterocycles. The van der Waals surface area contributed by atoms with Gasteiger partial charge in [0, 0.05) is 24.2 Å². The van der Waals surface area contributed by atoms with Crippen molar-refractivity contribution in [3.8, 4) is 0 Å². The molecule has 23 heavy (non-hydrogen) atoms. The Morgan fingerprint density at radius 3 is 2.30 bits per heavy atom. The Balaban J connectivity index is 2.12. The van der Waals surface area contributed by atoms with E-state index in [-0.39, 0.29) is 11.7 Å². The Bertz CT molecular complexity index is 754. The van der Waals surface area contributed by atoms with Crippen molar-refractivity contribution in [2.75, 3.05) is 5.32 Å². The number of amides is 2. The standard InChI is InChI=1S/C17H17N3O3/c1-11(20-9-3-4-14(10-20)16(18)22)17(23)19-15-7-5-13(6-8-15)12(2)21/h3-11H,1-2H3,(H2-,18,19,21,22,23)/p+1/t11-/m0/s1. The summed E-state index contributed by atoms with van der Waals surface area (Å²) < 4.78 is 1.61. The highest BCUT2D eigenvalue weighted by atomic mass is 16.2. The molecule has 1 aromatic heterocycles. The lowest BCUT2D eigenvalue weighted by Gasteiger charge is -2.09. The van der Waals surface area contributed by atoms with Crippen LogP contribution in [-0.4, -0.2) is 17.6 Å². The number of hydrogen-bond acceptors (Lipinski definition) is 3. The number of hydrogen-bond donors (Lipinski definition) is 2. The van der Waals surface area contributed by atoms with E-state index in [4.69, 9.17) is 5.73 Å². The van der Waals surface area contributed by atoms with Crippen molar-refractivity contribution in [1.29, 1.82) is 0 Å². The molecule has 1 heterocycles. The van der Waals surface area contributed by atoms with Crippen molar-refractivity contribution < 1.29 is 19.0 Å². The van der Waals surface area contributed by atoms with Crippen molar-refractivity contribution in [2.45, 2.75) is 19.9 Å². The van der Waals surface area contributed by atoms with Gasteiger partial charge in [0.25, 0.3) is 11.8 Å². The summed E-state index contributed by atoms with van der Waals surface area (Å²) in [6.45, 7) is 3.20. The second-order valence-electron chi connectivity index (χ2n) is 5.20. The van der Waals surface area contributed by atoms with Crippen LogP contribution in [-0.2, 0) is 4.79 Å². The molecular formula is C17H18N3O3+. The third-order valence-corrected chi connectivity index (χ3v) is 3.49. The van der Waals surface area contributed by atoms with Crippen LogP contribution >= 0.6 is 0 Å². The highest BCUT2D eigenvalue weighted by Crippen LogP contribution is 2.11. The van der Waals surface area contributed by atoms with Crippen LogP contribution in [0.25, 0.3) is 0 Å². The summed E-state index contributed by atoms with van der Waals surface area (Å²) in [6, 6.07) is 9.38. The molecule has 1 atom stereocenters. The van der Waals surface area contributed by atoms with Gasteiger partial charge in [0.1, 0.15) is 5.56 Å². The number of carbonyl (C=O) groups excluding carboxylic acids is 3. The third-order valence-electron chi connectivity index (χ3n) is 3.49. The van der Waals surface area contributed by atoms with Gasteiger partial charge in [-0.3, -0.25) is 14.4 Å². The van der Waals surface area contributed by atoms with E-state index in [9.17, 15) is 14.4 Å². The van der Waals surface area contributed by atoms with Crippen LogP contribution in [0.1, 0.15) is 40.6 Å². The molecule has 0 aliphatic heterocycles. The monoisotopic (exact) mass is 312 g/mol. The number of nitrogens with two attached hydrogens (primary N) is 1. The number of pyridine rings is 1. The number of anilines is 1. The van der Waals surface area contributed by atoms with Crippen molar-refractivity contribution in [1.82, 2.24) is 0 Å². The molecule has 6 heteroatoms. The second kappa shape index (κ2) is 6.83. The smallest absolute Gasteiger partial charge is 0.293 e. The van der Waals surface area contributed by atoms with Crippen LogP contribution in [0.3, 0.4) is 0 Å². The maximum absolute atomic E-state index is 12.3. The Labute approximate surface area is 133 Å². The Kier molecular flexibility index (Phi) is 4.85. The zero-order chi connectivity index (χ0) is 17.0. The van der Waals surface area contributed by atoms with E-state index in [0.29, 0.717) is 16.8 Å². The van der Waals surface area contributed by atoms with E-state index in [1.54, 1.807) is 54.1 Å². The number of rotatable bonds is 5. The molecule has 118 valence electrons. The molecule has 0 aliphatic rings. The normalized spacial score (nSPS) is 11.6. The number of ketones is 1. The summed E-state index contributed by atoms with van der Waals surface area (Å²) in [4.78, 5) is 34.7. The van der Waals surface area contributed by atoms with E-state index in [2.05, 4.69) is 5.32 Å². The van der Waals surface area contributed by atoms with Gasteiger partial charge in [-0.15, -0.1) is 0 Å². The minimum Gasteiger partial charge on any atom is -0.365 e. The van der Waals surface area contributed by atoms with E-state index in [0.717, 1.165) is 0 Å². The first-order chi connectivity index (χ1) is 10.9. The number of benzene rings is 1. The van der Waals surface area contributed by atoms with Gasteiger partial charge in [-0.25, -0.2) is 0 Å². The number of carbonyl (C=O) groups is 3. The average Bonchev–Trinajstić information content (AvgIpc) is 2.54. The zero-order valence-corrected chi connectivity index (χ0v) is 12.9. The maximum atomic E-state index is 12.3. The summed E-state index contributed by atoms with van der Waals surface area (Å²) in [5.74, 6) is -0.825. The molecule has 3 N–H and O–H groups in total. The second-order valence-corrected chi connectivity index (χ2v) is 5.20. The first-order valence-electron chi connectivity index (χ1n) is 7.11. The molecule has 0 spiro atoms. The number of nitrogens with zero attached hydrogens (tertiary/aromatic N) is 1. The molecule has 0 saturated carbocycles. The average molecular weight is 312 g/mol. The van der Waals surface area contributed by atoms with Crippen LogP contribution in [0.4, 0.5) is 5.69 Å². The molecule has 2 aromatic rings. The predicted molar refractivity (Wildman–Crippen MR) is 84.9 cm³/mol. The van der Waals surface area contributed by atoms with Gasteiger partial charge in [-0.2, -0.15) is 4.57 Å². The molecule has 0 aliphatic carbocycles. The van der Waals surface area contributed by atoms with Crippen molar-refractivity contribution in [3.63, 3.8) is 0 Å². The summed E-state index contributed by atoms with van der Waals surface area (Å²) in [7, 11) is 0. The Hall–Kier alpha value is -3.02. The topological polar surface area (TPSA) is 93.1 Å². The largest absolute Gasteiger partial charge is 0.365 e. The molecule has 0 radical (unpaired) electrons. The maximum Gasteiger partial charge on any atom is 0.293 e. The fourth-order valence-corrected chi connectivity index (χ4v) is 2.05. The van der Waals surface area contributed by atoms with Crippen molar-refractivity contribution in [3.05, 3.63) is 59.9 Å². The van der Waals surface area contributed by atoms with E-state index in [1.807, 2.05) is 0 Å². The molecule has 0 fully saturated rings. The lowest BCUT2D eigenvalue weighted by Crippen LogP contribution is -2.44. The van der Waals surface area contributed by atoms with E-state index < -0.39 is 11.9 Å². The Morgan fingerprint density at radius 2 is 1.74 bits per heavy atom. The van der Waals surface area contributed by atoms with Gasteiger partial charge >= 0.3 is 0 Å². The van der Waals surface area contributed by atoms with Crippen LogP contribution < -0.4 is 15.6 Å². The summed E-state index contributed by atoms with van der Waals surface area (Å²) in [5.41, 5.74) is 6.75. The van der Waals surface area contributed by atoms with Gasteiger partial charge < -0.3 is 11.1 Å². The minimum absolute atomic E-state index is 0.0323. The van der Waals surface area contributed by atoms with Gasteiger partial charge in [-0.1, -0.05) is 0 Å². The predicted octanol–water partition coefficient (Wildman–Crippen LogP) is 1.48. The lowest BCUT2D eigenvalue weighted by atomic mass is 10.1. The van der Waals surface area contributed by atoms with Crippen LogP contribution in [0.5, 0.6) is 0 Å². The third kappa shape index (κ3) is 4.00. The number of nitrogens with one attached hydrogen (secondary N) is 1. The fraction of sp³-hybridized carbons (Fsp3) is 0.176. The minimum atomic E-state index is -0.549. The highest BCUT2D eigenvalue weighted by Gasteiger charge is 2.23. The van der Waals surface area contributed by atoms with Crippen molar-refractivity contribution in [2.24, 2.45) is 5.73 Å².